The Morgan fingerprint density at radius 2 is 1.86 bits per heavy atom. The van der Waals surface area contributed by atoms with Crippen molar-refractivity contribution >= 4 is 17.7 Å². The van der Waals surface area contributed by atoms with E-state index in [1.165, 1.54) is 34.1 Å². The average molecular weight is 335 g/mol. The van der Waals surface area contributed by atoms with Crippen molar-refractivity contribution in [3.8, 4) is 17.8 Å². The molecule has 0 saturated heterocycles. The summed E-state index contributed by atoms with van der Waals surface area (Å²) in [6.07, 6.45) is 0. The Morgan fingerprint density at radius 3 is 2.19 bits per heavy atom. The predicted octanol–water partition coefficient (Wildman–Crippen LogP) is -2.74. The van der Waals surface area contributed by atoms with Crippen LogP contribution in [0, 0.1) is 16.7 Å². The first-order valence-corrected chi connectivity index (χ1v) is 6.48. The van der Waals surface area contributed by atoms with Crippen LogP contribution in [0.4, 0.5) is 0 Å². The number of methoxy groups -OCH3 is 2. The van der Waals surface area contributed by atoms with Crippen molar-refractivity contribution in [2.24, 2.45) is 5.41 Å². The van der Waals surface area contributed by atoms with Gasteiger partial charge < -0.3 is 19.4 Å². The largest absolute Gasteiger partial charge is 1.00 e. The van der Waals surface area contributed by atoms with Crippen LogP contribution in [0.5, 0.6) is 11.8 Å². The third-order valence-electron chi connectivity index (χ3n) is 2.46. The molecule has 7 nitrogen and oxygen atoms in total. The van der Waals surface area contributed by atoms with Gasteiger partial charge in [0.2, 0.25) is 11.8 Å². The predicted molar refractivity (Wildman–Crippen MR) is 69.2 cm³/mol. The number of nitriles is 1. The molecule has 108 valence electrons. The number of thioether (sulfide) groups is 1. The number of hydrogen-bond donors (Lipinski definition) is 0. The van der Waals surface area contributed by atoms with E-state index in [4.69, 9.17) is 14.7 Å². The van der Waals surface area contributed by atoms with Crippen LogP contribution in [0.2, 0.25) is 0 Å². The van der Waals surface area contributed by atoms with E-state index in [1.807, 2.05) is 6.07 Å². The molecule has 1 atom stereocenters. The molecular formula is C12H14KN3O4S. The smallest absolute Gasteiger partial charge is 0.549 e. The number of ether oxygens (including phenoxy) is 2. The van der Waals surface area contributed by atoms with Gasteiger partial charge in [-0.3, -0.25) is 0 Å². The average Bonchev–Trinajstić information content (AvgIpc) is 2.43. The number of hydrogen-bond acceptors (Lipinski definition) is 8. The summed E-state index contributed by atoms with van der Waals surface area (Å²) in [6, 6.07) is 3.41. The quantitative estimate of drug-likeness (QED) is 0.313. The van der Waals surface area contributed by atoms with Crippen molar-refractivity contribution in [3.05, 3.63) is 6.07 Å². The summed E-state index contributed by atoms with van der Waals surface area (Å²) in [4.78, 5) is 19.3. The molecule has 0 N–H and O–H groups in total. The summed E-state index contributed by atoms with van der Waals surface area (Å²) in [7, 11) is 2.84. The Labute approximate surface area is 169 Å². The minimum Gasteiger partial charge on any atom is -0.549 e. The number of nitrogens with zero attached hydrogens (tertiary/aromatic N) is 3. The fourth-order valence-corrected chi connectivity index (χ4v) is 2.24. The molecule has 1 aromatic heterocycles. The summed E-state index contributed by atoms with van der Waals surface area (Å²) in [6.45, 7) is 3.02. The number of carbonyl (C=O) groups is 1. The Balaban J connectivity index is 0.00000400. The van der Waals surface area contributed by atoms with Gasteiger partial charge in [-0.05, 0) is 13.8 Å². The van der Waals surface area contributed by atoms with Gasteiger partial charge in [-0.25, -0.2) is 0 Å². The summed E-state index contributed by atoms with van der Waals surface area (Å²) in [5, 5.41) is 19.3. The monoisotopic (exact) mass is 335 g/mol. The van der Waals surface area contributed by atoms with Crippen molar-refractivity contribution < 1.29 is 70.8 Å². The molecule has 0 amide bonds. The van der Waals surface area contributed by atoms with Gasteiger partial charge in [0.25, 0.3) is 0 Å². The first kappa shape index (κ1) is 20.6. The van der Waals surface area contributed by atoms with Gasteiger partial charge in [0.05, 0.1) is 43.0 Å². The second-order valence-electron chi connectivity index (χ2n) is 4.39. The van der Waals surface area contributed by atoms with Crippen LogP contribution in [0.25, 0.3) is 0 Å². The van der Waals surface area contributed by atoms with E-state index in [2.05, 4.69) is 9.97 Å². The van der Waals surface area contributed by atoms with Gasteiger partial charge in [0.1, 0.15) is 0 Å². The fraction of sp³-hybridized carbons (Fsp3) is 0.500. The molecule has 21 heavy (non-hydrogen) atoms. The summed E-state index contributed by atoms with van der Waals surface area (Å²) >= 11 is 0.821. The molecular weight excluding hydrogens is 321 g/mol. The van der Waals surface area contributed by atoms with Crippen molar-refractivity contribution in [2.45, 2.75) is 24.3 Å². The minimum atomic E-state index is -1.35. The van der Waals surface area contributed by atoms with Crippen LogP contribution in [0.1, 0.15) is 13.8 Å². The maximum atomic E-state index is 11.2. The number of carboxylic acid groups (broad SMARTS) is 1. The SMILES string of the molecule is COc1cc(OC)nc(SC(C(=O)[O-])C(C)(C)C#N)n1.[K+]. The molecule has 0 aliphatic rings. The number of carbonyl (C=O) groups excluding carboxylic acids is 1. The fourth-order valence-electron chi connectivity index (χ4n) is 1.30. The van der Waals surface area contributed by atoms with E-state index in [-0.39, 0.29) is 68.3 Å². The van der Waals surface area contributed by atoms with E-state index >= 15 is 0 Å². The Morgan fingerprint density at radius 1 is 1.38 bits per heavy atom. The Bertz CT molecular complexity index is 526. The van der Waals surface area contributed by atoms with Crippen LogP contribution in [-0.4, -0.2) is 35.4 Å². The van der Waals surface area contributed by atoms with Crippen LogP contribution >= 0.6 is 11.8 Å². The number of carboxylic acids is 1. The summed E-state index contributed by atoms with van der Waals surface area (Å²) in [5.74, 6) is -0.871. The van der Waals surface area contributed by atoms with Crippen LogP contribution in [-0.2, 0) is 4.79 Å². The van der Waals surface area contributed by atoms with Crippen molar-refractivity contribution in [1.82, 2.24) is 9.97 Å². The van der Waals surface area contributed by atoms with Crippen LogP contribution in [0.3, 0.4) is 0 Å². The number of rotatable bonds is 6. The van der Waals surface area contributed by atoms with Crippen molar-refractivity contribution in [2.75, 3.05) is 14.2 Å². The Kier molecular flexibility index (Phi) is 8.76. The second kappa shape index (κ2) is 8.92. The second-order valence-corrected chi connectivity index (χ2v) is 5.46. The normalized spacial score (nSPS) is 11.8. The zero-order valence-electron chi connectivity index (χ0n) is 12.5. The molecule has 0 saturated carbocycles. The minimum absolute atomic E-state index is 0. The van der Waals surface area contributed by atoms with Crippen molar-refractivity contribution in [1.29, 1.82) is 5.26 Å². The van der Waals surface area contributed by atoms with Crippen molar-refractivity contribution in [3.63, 3.8) is 0 Å². The topological polar surface area (TPSA) is 108 Å². The van der Waals surface area contributed by atoms with E-state index in [1.54, 1.807) is 0 Å². The zero-order chi connectivity index (χ0) is 15.3. The van der Waals surface area contributed by atoms with E-state index in [0.29, 0.717) is 0 Å². The molecule has 1 heterocycles. The molecule has 1 rings (SSSR count). The van der Waals surface area contributed by atoms with Gasteiger partial charge in [0, 0.05) is 0 Å². The molecule has 9 heteroatoms. The molecule has 0 aliphatic carbocycles. The maximum Gasteiger partial charge on any atom is 1.00 e. The molecule has 0 aliphatic heterocycles. The van der Waals surface area contributed by atoms with Crippen LogP contribution in [0.15, 0.2) is 11.2 Å². The van der Waals surface area contributed by atoms with Gasteiger partial charge >= 0.3 is 51.4 Å². The third kappa shape index (κ3) is 5.73. The third-order valence-corrected chi connectivity index (χ3v) is 3.87. The molecule has 1 aromatic rings. The maximum absolute atomic E-state index is 11.2. The van der Waals surface area contributed by atoms with E-state index < -0.39 is 16.6 Å². The first-order valence-electron chi connectivity index (χ1n) is 5.60. The van der Waals surface area contributed by atoms with Crippen LogP contribution < -0.4 is 66.0 Å². The summed E-state index contributed by atoms with van der Waals surface area (Å²) < 4.78 is 9.96. The number of aromatic nitrogens is 2. The standard InChI is InChI=1S/C12H15N3O4S.K/c1-12(2,6-13)9(10(16)17)20-11-14-7(18-3)5-8(15-11)19-4;/h5,9H,1-4H3,(H,16,17);/q;+1/p-1. The van der Waals surface area contributed by atoms with E-state index in [9.17, 15) is 9.90 Å². The molecule has 0 bridgehead atoms. The van der Waals surface area contributed by atoms with Gasteiger partial charge in [-0.1, -0.05) is 11.8 Å². The summed E-state index contributed by atoms with van der Waals surface area (Å²) in [5.41, 5.74) is -1.14. The molecule has 0 fully saturated rings. The molecule has 0 radical (unpaired) electrons. The first-order chi connectivity index (χ1) is 9.33. The molecule has 0 aromatic carbocycles. The number of aliphatic carboxylic acids is 1. The molecule has 1 unspecified atom stereocenters. The van der Waals surface area contributed by atoms with E-state index in [0.717, 1.165) is 11.8 Å². The van der Waals surface area contributed by atoms with Gasteiger partial charge in [-0.2, -0.15) is 15.2 Å². The van der Waals surface area contributed by atoms with Gasteiger partial charge in [0.15, 0.2) is 5.16 Å². The van der Waals surface area contributed by atoms with Gasteiger partial charge in [-0.15, -0.1) is 0 Å². The Hall–Kier alpha value is -0.374. The zero-order valence-corrected chi connectivity index (χ0v) is 16.5. The molecule has 0 spiro atoms.